The Hall–Kier alpha value is -3.97. The standard InChI is InChI=1S/C32H40F3N7O3/c1-3-25-17-27(28(44)16-22(25)2)29-37-38-30(31(45)36-20-32(33,34)35)42(29)26-6-4-23(5-7-26)18-39-12-14-40(15-13-39)19-24-8-10-41(21-43)11-9-24/h4-7,16-17,21,24,44H,3,8-15,18-20H2,1-2H3,(H,36,45). The van der Waals surface area contributed by atoms with Crippen LogP contribution in [0.15, 0.2) is 36.4 Å². The number of aromatic hydroxyl groups is 1. The van der Waals surface area contributed by atoms with Crippen LogP contribution in [0.5, 0.6) is 5.75 Å². The maximum Gasteiger partial charge on any atom is 0.405 e. The summed E-state index contributed by atoms with van der Waals surface area (Å²) < 4.78 is 40.0. The molecule has 0 aliphatic carbocycles. The number of carbonyl (C=O) groups excluding carboxylic acids is 2. The van der Waals surface area contributed by atoms with E-state index in [2.05, 4.69) is 20.0 Å². The first-order valence-corrected chi connectivity index (χ1v) is 15.4. The summed E-state index contributed by atoms with van der Waals surface area (Å²) in [5.41, 5.74) is 3.71. The van der Waals surface area contributed by atoms with Crippen molar-refractivity contribution in [1.82, 2.24) is 34.8 Å². The van der Waals surface area contributed by atoms with Gasteiger partial charge < -0.3 is 20.2 Å². The van der Waals surface area contributed by atoms with Crippen LogP contribution in [0.1, 0.15) is 47.1 Å². The number of piperidine rings is 1. The number of phenolic OH excluding ortho intramolecular Hbond substituents is 1. The lowest BCUT2D eigenvalue weighted by molar-refractivity contribution is -0.123. The predicted octanol–water partition coefficient (Wildman–Crippen LogP) is 3.79. The fraction of sp³-hybridized carbons (Fsp3) is 0.500. The summed E-state index contributed by atoms with van der Waals surface area (Å²) in [6.07, 6.45) is -0.854. The van der Waals surface area contributed by atoms with E-state index in [4.69, 9.17) is 0 Å². The van der Waals surface area contributed by atoms with Crippen molar-refractivity contribution in [1.29, 1.82) is 0 Å². The molecule has 2 aliphatic heterocycles. The lowest BCUT2D eigenvalue weighted by Crippen LogP contribution is -2.48. The minimum atomic E-state index is -4.59. The van der Waals surface area contributed by atoms with Crippen LogP contribution in [-0.4, -0.2) is 105 Å². The van der Waals surface area contributed by atoms with Gasteiger partial charge in [-0.15, -0.1) is 10.2 Å². The Labute approximate surface area is 260 Å². The molecule has 10 nitrogen and oxygen atoms in total. The van der Waals surface area contributed by atoms with Gasteiger partial charge in [0, 0.05) is 58.0 Å². The Morgan fingerprint density at radius 3 is 2.31 bits per heavy atom. The third kappa shape index (κ3) is 8.01. The Bertz CT molecular complexity index is 1480. The van der Waals surface area contributed by atoms with Crippen molar-refractivity contribution in [2.75, 3.05) is 52.4 Å². The number of benzene rings is 2. The zero-order valence-electron chi connectivity index (χ0n) is 25.7. The van der Waals surface area contributed by atoms with Gasteiger partial charge in [-0.1, -0.05) is 19.1 Å². The van der Waals surface area contributed by atoms with E-state index in [1.54, 1.807) is 24.3 Å². The lowest BCUT2D eigenvalue weighted by atomic mass is 9.96. The molecule has 2 saturated heterocycles. The van der Waals surface area contributed by atoms with Gasteiger partial charge in [-0.25, -0.2) is 0 Å². The summed E-state index contributed by atoms with van der Waals surface area (Å²) in [5, 5.41) is 20.8. The molecule has 0 atom stereocenters. The Morgan fingerprint density at radius 1 is 1.02 bits per heavy atom. The number of carbonyl (C=O) groups is 2. The topological polar surface area (TPSA) is 107 Å². The van der Waals surface area contributed by atoms with Crippen molar-refractivity contribution in [3.05, 3.63) is 58.9 Å². The first-order chi connectivity index (χ1) is 21.5. The number of hydrogen-bond acceptors (Lipinski definition) is 7. The second kappa shape index (κ2) is 14.0. The number of likely N-dealkylation sites (tertiary alicyclic amines) is 1. The molecule has 2 N–H and O–H groups in total. The van der Waals surface area contributed by atoms with Crippen LogP contribution < -0.4 is 5.32 Å². The molecule has 3 heterocycles. The number of amides is 2. The van der Waals surface area contributed by atoms with E-state index in [0.29, 0.717) is 23.6 Å². The molecule has 0 bridgehead atoms. The fourth-order valence-electron chi connectivity index (χ4n) is 6.15. The number of halogens is 3. The summed E-state index contributed by atoms with van der Waals surface area (Å²) in [6.45, 7) is 9.64. The van der Waals surface area contributed by atoms with Gasteiger partial charge in [0.2, 0.25) is 12.2 Å². The molecule has 3 aromatic rings. The Morgan fingerprint density at radius 2 is 1.69 bits per heavy atom. The third-order valence-corrected chi connectivity index (χ3v) is 8.77. The largest absolute Gasteiger partial charge is 0.507 e. The van der Waals surface area contributed by atoms with Crippen LogP contribution in [0, 0.1) is 12.8 Å². The SMILES string of the molecule is CCc1cc(-c2nnc(C(=O)NCC(F)(F)F)n2-c2ccc(CN3CCN(CC4CCN(C=O)CC4)CC3)cc2)c(O)cc1C. The zero-order valence-corrected chi connectivity index (χ0v) is 25.7. The molecule has 13 heteroatoms. The highest BCUT2D eigenvalue weighted by atomic mass is 19.4. The maximum absolute atomic E-state index is 12.9. The first-order valence-electron chi connectivity index (χ1n) is 15.4. The third-order valence-electron chi connectivity index (χ3n) is 8.77. The molecule has 0 spiro atoms. The highest BCUT2D eigenvalue weighted by Crippen LogP contribution is 2.33. The normalized spacial score (nSPS) is 17.0. The zero-order chi connectivity index (χ0) is 32.1. The second-order valence-electron chi connectivity index (χ2n) is 12.0. The minimum Gasteiger partial charge on any atom is -0.507 e. The van der Waals surface area contributed by atoms with E-state index in [0.717, 1.165) is 88.3 Å². The maximum atomic E-state index is 12.9. The van der Waals surface area contributed by atoms with Gasteiger partial charge in [0.15, 0.2) is 5.82 Å². The molecule has 242 valence electrons. The van der Waals surface area contributed by atoms with Crippen molar-refractivity contribution in [3.8, 4) is 22.8 Å². The molecule has 2 aliphatic rings. The van der Waals surface area contributed by atoms with Crippen molar-refractivity contribution in [2.24, 2.45) is 5.92 Å². The van der Waals surface area contributed by atoms with Crippen molar-refractivity contribution >= 4 is 12.3 Å². The molecular formula is C32H40F3N7O3. The van der Waals surface area contributed by atoms with E-state index in [1.165, 1.54) is 4.57 Å². The number of nitrogens with zero attached hydrogens (tertiary/aromatic N) is 6. The summed E-state index contributed by atoms with van der Waals surface area (Å²) in [7, 11) is 0. The average molecular weight is 628 g/mol. The number of hydrogen-bond donors (Lipinski definition) is 2. The Kier molecular flexibility index (Phi) is 10.1. The van der Waals surface area contributed by atoms with E-state index in [9.17, 15) is 27.9 Å². The lowest BCUT2D eigenvalue weighted by Gasteiger charge is -2.38. The molecule has 0 saturated carbocycles. The van der Waals surface area contributed by atoms with Crippen LogP contribution >= 0.6 is 0 Å². The molecule has 2 fully saturated rings. The summed E-state index contributed by atoms with van der Waals surface area (Å²) in [6, 6.07) is 10.8. The van der Waals surface area contributed by atoms with Gasteiger partial charge in [0.1, 0.15) is 12.3 Å². The van der Waals surface area contributed by atoms with E-state index >= 15 is 0 Å². The Balaban J connectivity index is 1.30. The molecule has 1 aromatic heterocycles. The van der Waals surface area contributed by atoms with Crippen LogP contribution in [0.3, 0.4) is 0 Å². The number of alkyl halides is 3. The average Bonchev–Trinajstić information content (AvgIpc) is 3.46. The molecular weight excluding hydrogens is 587 g/mol. The van der Waals surface area contributed by atoms with Gasteiger partial charge >= 0.3 is 6.18 Å². The van der Waals surface area contributed by atoms with E-state index in [1.807, 2.05) is 36.2 Å². The summed E-state index contributed by atoms with van der Waals surface area (Å²) >= 11 is 0. The molecule has 45 heavy (non-hydrogen) atoms. The number of aryl methyl sites for hydroxylation is 2. The van der Waals surface area contributed by atoms with Crippen LogP contribution in [-0.2, 0) is 17.8 Å². The van der Waals surface area contributed by atoms with Crippen LogP contribution in [0.2, 0.25) is 0 Å². The monoisotopic (exact) mass is 627 g/mol. The number of piperazine rings is 1. The predicted molar refractivity (Wildman–Crippen MR) is 163 cm³/mol. The molecule has 5 rings (SSSR count). The summed E-state index contributed by atoms with van der Waals surface area (Å²) in [5.74, 6) is -0.626. The first kappa shape index (κ1) is 32.4. The van der Waals surface area contributed by atoms with Crippen molar-refractivity contribution in [3.63, 3.8) is 0 Å². The minimum absolute atomic E-state index is 0.0669. The van der Waals surface area contributed by atoms with Crippen molar-refractivity contribution < 1.29 is 27.9 Å². The molecule has 0 unspecified atom stereocenters. The smallest absolute Gasteiger partial charge is 0.405 e. The van der Waals surface area contributed by atoms with E-state index < -0.39 is 18.6 Å². The molecule has 2 amide bonds. The van der Waals surface area contributed by atoms with Crippen molar-refractivity contribution in [2.45, 2.75) is 45.8 Å². The van der Waals surface area contributed by atoms with Gasteiger partial charge in [0.25, 0.3) is 5.91 Å². The van der Waals surface area contributed by atoms with E-state index in [-0.39, 0.29) is 17.4 Å². The van der Waals surface area contributed by atoms with Gasteiger partial charge in [-0.3, -0.25) is 19.1 Å². The summed E-state index contributed by atoms with van der Waals surface area (Å²) in [4.78, 5) is 30.6. The van der Waals surface area contributed by atoms with Crippen LogP contribution in [0.25, 0.3) is 17.1 Å². The van der Waals surface area contributed by atoms with Crippen LogP contribution in [0.4, 0.5) is 13.2 Å². The fourth-order valence-corrected chi connectivity index (χ4v) is 6.15. The molecule has 2 aromatic carbocycles. The molecule has 0 radical (unpaired) electrons. The number of aromatic nitrogens is 3. The van der Waals surface area contributed by atoms with Gasteiger partial charge in [-0.05, 0) is 73.1 Å². The highest BCUT2D eigenvalue weighted by molar-refractivity contribution is 5.92. The van der Waals surface area contributed by atoms with Gasteiger partial charge in [-0.2, -0.15) is 13.2 Å². The number of phenols is 1. The number of rotatable bonds is 10. The number of nitrogens with one attached hydrogen (secondary N) is 1. The highest BCUT2D eigenvalue weighted by Gasteiger charge is 2.30. The quantitative estimate of drug-likeness (QED) is 0.330. The second-order valence-corrected chi connectivity index (χ2v) is 12.0. The van der Waals surface area contributed by atoms with Gasteiger partial charge in [0.05, 0.1) is 5.56 Å².